The first-order valence-electron chi connectivity index (χ1n) is 11.3. The number of rotatable bonds is 7. The van der Waals surface area contributed by atoms with Crippen LogP contribution in [-0.2, 0) is 11.4 Å². The van der Waals surface area contributed by atoms with E-state index in [9.17, 15) is 23.5 Å². The number of pyridine rings is 2. The fourth-order valence-corrected chi connectivity index (χ4v) is 4.31. The highest BCUT2D eigenvalue weighted by Crippen LogP contribution is 2.40. The third kappa shape index (κ3) is 4.39. The smallest absolute Gasteiger partial charge is 0.341 e. The minimum atomic E-state index is -1.48. The van der Waals surface area contributed by atoms with Crippen molar-refractivity contribution in [1.29, 1.82) is 0 Å². The molecule has 1 aliphatic carbocycles. The van der Waals surface area contributed by atoms with Crippen LogP contribution in [0, 0.1) is 17.6 Å². The van der Waals surface area contributed by atoms with Gasteiger partial charge < -0.3 is 25.1 Å². The van der Waals surface area contributed by atoms with Gasteiger partial charge in [0.15, 0.2) is 11.6 Å². The molecule has 3 N–H and O–H groups in total. The topological polar surface area (TPSA) is 123 Å². The average molecular weight is 501 g/mol. The van der Waals surface area contributed by atoms with Crippen LogP contribution in [0.15, 0.2) is 46.5 Å². The van der Waals surface area contributed by atoms with E-state index in [-0.39, 0.29) is 61.2 Å². The number of nitrogens with two attached hydrogens (primary N) is 1. The van der Waals surface area contributed by atoms with Gasteiger partial charge in [-0.1, -0.05) is 17.3 Å². The summed E-state index contributed by atoms with van der Waals surface area (Å²) in [6.07, 6.45) is -0.000458. The van der Waals surface area contributed by atoms with Crippen molar-refractivity contribution in [1.82, 2.24) is 9.55 Å². The molecule has 2 aliphatic rings. The van der Waals surface area contributed by atoms with Crippen LogP contribution in [0.4, 0.5) is 19.0 Å². The second-order valence-corrected chi connectivity index (χ2v) is 8.86. The molecule has 0 bridgehead atoms. The summed E-state index contributed by atoms with van der Waals surface area (Å²) in [5, 5.41) is 13.3. The van der Waals surface area contributed by atoms with Crippen LogP contribution in [0.25, 0.3) is 11.0 Å². The van der Waals surface area contributed by atoms with Gasteiger partial charge in [0, 0.05) is 31.6 Å². The van der Waals surface area contributed by atoms with Crippen molar-refractivity contribution in [3.63, 3.8) is 0 Å². The van der Waals surface area contributed by atoms with Crippen molar-refractivity contribution in [3.05, 3.63) is 69.5 Å². The third-order valence-electron chi connectivity index (χ3n) is 6.38. The Bertz CT molecular complexity index is 1430. The lowest BCUT2D eigenvalue weighted by molar-refractivity contribution is 0.0694. The molecule has 12 heteroatoms. The molecule has 1 aliphatic heterocycles. The number of carboxylic acid groups (broad SMARTS) is 1. The summed E-state index contributed by atoms with van der Waals surface area (Å²) in [5.74, 6) is -3.02. The Labute approximate surface area is 202 Å². The maximum absolute atomic E-state index is 15.2. The van der Waals surface area contributed by atoms with Crippen molar-refractivity contribution >= 4 is 28.5 Å². The number of anilines is 1. The second-order valence-electron chi connectivity index (χ2n) is 8.86. The molecule has 2 aromatic heterocycles. The molecule has 9 nitrogen and oxygen atoms in total. The maximum atomic E-state index is 15.2. The van der Waals surface area contributed by atoms with Gasteiger partial charge in [0.1, 0.15) is 29.8 Å². The quantitative estimate of drug-likeness (QED) is 0.477. The maximum Gasteiger partial charge on any atom is 0.341 e. The first-order valence-corrected chi connectivity index (χ1v) is 11.3. The summed E-state index contributed by atoms with van der Waals surface area (Å²) in [4.78, 5) is 35.5. The summed E-state index contributed by atoms with van der Waals surface area (Å²) in [5.41, 5.74) is 5.70. The zero-order valence-corrected chi connectivity index (χ0v) is 18.9. The number of fused-ring (bicyclic) bond motifs is 1. The van der Waals surface area contributed by atoms with Crippen molar-refractivity contribution in [2.45, 2.75) is 25.2 Å². The molecular formula is C24H22F3N5O4. The third-order valence-corrected chi connectivity index (χ3v) is 6.38. The number of aromatic nitrogens is 2. The lowest BCUT2D eigenvalue weighted by Crippen LogP contribution is -2.26. The van der Waals surface area contributed by atoms with E-state index >= 15 is 4.39 Å². The summed E-state index contributed by atoms with van der Waals surface area (Å²) in [6.45, 7) is 0.737. The van der Waals surface area contributed by atoms with Crippen LogP contribution in [0.5, 0.6) is 0 Å². The van der Waals surface area contributed by atoms with Gasteiger partial charge in [0.05, 0.1) is 23.7 Å². The number of hydrogen-bond donors (Lipinski definition) is 2. The number of carbonyl (C=O) groups is 1. The number of oxime groups is 1. The Kier molecular flexibility index (Phi) is 6.12. The fraction of sp³-hybridized carbons (Fsp3) is 0.333. The van der Waals surface area contributed by atoms with Gasteiger partial charge >= 0.3 is 5.97 Å². The molecule has 3 aromatic rings. The Hall–Kier alpha value is -3.93. The number of aromatic carboxylic acids is 1. The zero-order valence-electron chi connectivity index (χ0n) is 18.9. The van der Waals surface area contributed by atoms with Gasteiger partial charge in [0.25, 0.3) is 0 Å². The van der Waals surface area contributed by atoms with Crippen molar-refractivity contribution in [2.24, 2.45) is 16.8 Å². The Balaban J connectivity index is 1.46. The molecule has 36 heavy (non-hydrogen) atoms. The number of alkyl halides is 1. The standard InChI is InChI=1S/C24H22F3N5O4/c25-14-3-1-12(2-4-14)11-36-30-19-10-31(8-13(19)7-28)23-18(27)5-15-21(33)16(24(34)35)9-32(22(15)29-23)20-6-17(20)26/h1-5,9,13,17,20H,6-8,10-11,28H2,(H,34,35)/b30-19+/t13?,17-,20+/m0/s1. The van der Waals surface area contributed by atoms with E-state index in [0.29, 0.717) is 11.3 Å². The number of benzene rings is 1. The van der Waals surface area contributed by atoms with Crippen LogP contribution < -0.4 is 16.1 Å². The highest BCUT2D eigenvalue weighted by atomic mass is 19.1. The normalized spacial score (nSPS) is 22.4. The molecule has 1 saturated carbocycles. The number of halogens is 3. The highest BCUT2D eigenvalue weighted by Gasteiger charge is 2.41. The largest absolute Gasteiger partial charge is 0.477 e. The number of hydrogen-bond acceptors (Lipinski definition) is 7. The Morgan fingerprint density at radius 3 is 2.64 bits per heavy atom. The molecule has 1 unspecified atom stereocenters. The van der Waals surface area contributed by atoms with E-state index in [2.05, 4.69) is 10.1 Å². The Morgan fingerprint density at radius 2 is 2.00 bits per heavy atom. The fourth-order valence-electron chi connectivity index (χ4n) is 4.31. The SMILES string of the molecule is NCC1CN(c2nc3c(cc2F)c(=O)c(C(=O)O)cn3[C@@H]2C[C@@H]2F)C/C1=N\OCc1ccc(F)cc1. The van der Waals surface area contributed by atoms with Crippen LogP contribution >= 0.6 is 0 Å². The number of carboxylic acids is 1. The van der Waals surface area contributed by atoms with Crippen LogP contribution in [0.3, 0.4) is 0 Å². The molecule has 5 rings (SSSR count). The summed E-state index contributed by atoms with van der Waals surface area (Å²) in [7, 11) is 0. The van der Waals surface area contributed by atoms with E-state index in [0.717, 1.165) is 12.3 Å². The molecular weight excluding hydrogens is 479 g/mol. The molecule has 0 amide bonds. The van der Waals surface area contributed by atoms with Gasteiger partial charge in [-0.3, -0.25) is 4.79 Å². The van der Waals surface area contributed by atoms with Crippen molar-refractivity contribution in [3.8, 4) is 0 Å². The first kappa shape index (κ1) is 23.8. The van der Waals surface area contributed by atoms with Gasteiger partial charge in [-0.05, 0) is 23.8 Å². The monoisotopic (exact) mass is 501 g/mol. The van der Waals surface area contributed by atoms with E-state index in [1.54, 1.807) is 17.0 Å². The zero-order chi connectivity index (χ0) is 25.6. The minimum Gasteiger partial charge on any atom is -0.477 e. The average Bonchev–Trinajstić information content (AvgIpc) is 3.43. The van der Waals surface area contributed by atoms with Gasteiger partial charge in [-0.25, -0.2) is 22.9 Å². The van der Waals surface area contributed by atoms with E-state index < -0.39 is 35.0 Å². The Morgan fingerprint density at radius 1 is 1.28 bits per heavy atom. The van der Waals surface area contributed by atoms with Crippen LogP contribution in [-0.4, -0.2) is 52.1 Å². The molecule has 1 aromatic carbocycles. The van der Waals surface area contributed by atoms with Gasteiger partial charge in [-0.2, -0.15) is 0 Å². The van der Waals surface area contributed by atoms with Gasteiger partial charge in [0.2, 0.25) is 5.43 Å². The van der Waals surface area contributed by atoms with Crippen LogP contribution in [0.1, 0.15) is 28.4 Å². The summed E-state index contributed by atoms with van der Waals surface area (Å²) in [6, 6.07) is 6.03. The predicted octanol–water partition coefficient (Wildman–Crippen LogP) is 2.62. The molecule has 0 spiro atoms. The molecule has 2 fully saturated rings. The summed E-state index contributed by atoms with van der Waals surface area (Å²) >= 11 is 0. The van der Waals surface area contributed by atoms with Crippen LogP contribution in [0.2, 0.25) is 0 Å². The van der Waals surface area contributed by atoms with Crippen molar-refractivity contribution < 1.29 is 27.9 Å². The number of nitrogens with zero attached hydrogens (tertiary/aromatic N) is 4. The molecule has 188 valence electrons. The molecule has 3 heterocycles. The second kappa shape index (κ2) is 9.26. The molecule has 1 saturated heterocycles. The van der Waals surface area contributed by atoms with Gasteiger partial charge in [-0.15, -0.1) is 0 Å². The molecule has 3 atom stereocenters. The minimum absolute atomic E-state index is 0.00815. The van der Waals surface area contributed by atoms with Crippen molar-refractivity contribution in [2.75, 3.05) is 24.5 Å². The lowest BCUT2D eigenvalue weighted by atomic mass is 10.1. The van der Waals surface area contributed by atoms with E-state index in [1.807, 2.05) is 0 Å². The lowest BCUT2D eigenvalue weighted by Gasteiger charge is -2.19. The summed E-state index contributed by atoms with van der Waals surface area (Å²) < 4.78 is 43.4. The molecule has 0 radical (unpaired) electrons. The van der Waals surface area contributed by atoms with E-state index in [4.69, 9.17) is 10.6 Å². The highest BCUT2D eigenvalue weighted by molar-refractivity contribution is 5.95. The first-order chi connectivity index (χ1) is 17.3. The van der Waals surface area contributed by atoms with E-state index in [1.165, 1.54) is 16.7 Å². The predicted molar refractivity (Wildman–Crippen MR) is 125 cm³/mol.